The fraction of sp³-hybridized carbons (Fsp3) is 0.647. The molecule has 0 aliphatic carbocycles. The lowest BCUT2D eigenvalue weighted by atomic mass is 10.1. The summed E-state index contributed by atoms with van der Waals surface area (Å²) < 4.78 is 19.0. The van der Waals surface area contributed by atoms with Crippen molar-refractivity contribution in [2.24, 2.45) is 0 Å². The van der Waals surface area contributed by atoms with Gasteiger partial charge >= 0.3 is 0 Å². The Bertz CT molecular complexity index is 366. The van der Waals surface area contributed by atoms with Crippen molar-refractivity contribution in [2.45, 2.75) is 64.9 Å². The second kappa shape index (κ2) is 10.7. The average molecular weight is 282 g/mol. The van der Waals surface area contributed by atoms with E-state index in [0.29, 0.717) is 12.2 Å². The van der Waals surface area contributed by atoms with Crippen molar-refractivity contribution in [1.82, 2.24) is 0 Å². The van der Waals surface area contributed by atoms with Crippen molar-refractivity contribution in [3.63, 3.8) is 0 Å². The number of unbranched alkanes of at least 4 members (excludes halogenated alkanes) is 7. The number of ether oxygens (including phenoxy) is 1. The van der Waals surface area contributed by atoms with E-state index >= 15 is 0 Å². The van der Waals surface area contributed by atoms with Crippen LogP contribution in [-0.2, 0) is 6.61 Å². The van der Waals surface area contributed by atoms with Gasteiger partial charge in [-0.1, -0.05) is 57.9 Å². The van der Waals surface area contributed by atoms with Gasteiger partial charge in [-0.2, -0.15) is 0 Å². The van der Waals surface area contributed by atoms with E-state index in [2.05, 4.69) is 6.92 Å². The van der Waals surface area contributed by atoms with Crippen LogP contribution < -0.4 is 4.74 Å². The van der Waals surface area contributed by atoms with Gasteiger partial charge in [0.15, 0.2) is 11.6 Å². The SMILES string of the molecule is CCCCCCCCCCOc1ccc(CO)cc1F. The molecule has 0 saturated heterocycles. The van der Waals surface area contributed by atoms with E-state index < -0.39 is 5.82 Å². The van der Waals surface area contributed by atoms with Gasteiger partial charge in [0.1, 0.15) is 0 Å². The van der Waals surface area contributed by atoms with Crippen LogP contribution in [-0.4, -0.2) is 11.7 Å². The van der Waals surface area contributed by atoms with Crippen molar-refractivity contribution in [2.75, 3.05) is 6.61 Å². The molecule has 0 atom stereocenters. The first-order valence-electron chi connectivity index (χ1n) is 7.80. The number of benzene rings is 1. The molecule has 2 nitrogen and oxygen atoms in total. The van der Waals surface area contributed by atoms with Crippen molar-refractivity contribution >= 4 is 0 Å². The van der Waals surface area contributed by atoms with E-state index in [1.165, 1.54) is 44.6 Å². The normalized spacial score (nSPS) is 10.8. The van der Waals surface area contributed by atoms with Crippen molar-refractivity contribution in [1.29, 1.82) is 0 Å². The van der Waals surface area contributed by atoms with Crippen LogP contribution in [0.15, 0.2) is 18.2 Å². The van der Waals surface area contributed by atoms with Crippen LogP contribution in [0, 0.1) is 5.82 Å². The minimum atomic E-state index is -0.392. The van der Waals surface area contributed by atoms with Crippen molar-refractivity contribution in [3.8, 4) is 5.75 Å². The Labute approximate surface area is 122 Å². The highest BCUT2D eigenvalue weighted by Crippen LogP contribution is 2.19. The molecule has 0 aliphatic rings. The maximum absolute atomic E-state index is 13.5. The minimum absolute atomic E-state index is 0.144. The molecular formula is C17H27FO2. The van der Waals surface area contributed by atoms with Gasteiger partial charge in [-0.3, -0.25) is 0 Å². The summed E-state index contributed by atoms with van der Waals surface area (Å²) in [5.74, 6) is -0.110. The quantitative estimate of drug-likeness (QED) is 0.589. The lowest BCUT2D eigenvalue weighted by molar-refractivity contribution is 0.277. The predicted molar refractivity (Wildman–Crippen MR) is 80.4 cm³/mol. The summed E-state index contributed by atoms with van der Waals surface area (Å²) in [6.07, 6.45) is 9.93. The highest BCUT2D eigenvalue weighted by atomic mass is 19.1. The molecule has 0 spiro atoms. The fourth-order valence-electron chi connectivity index (χ4n) is 2.18. The second-order valence-electron chi connectivity index (χ2n) is 5.25. The van der Waals surface area contributed by atoms with Gasteiger partial charge in [-0.05, 0) is 24.1 Å². The zero-order valence-corrected chi connectivity index (χ0v) is 12.5. The Kier molecular flexibility index (Phi) is 9.05. The number of aliphatic hydroxyl groups is 1. The molecule has 0 unspecified atom stereocenters. The third-order valence-corrected chi connectivity index (χ3v) is 3.43. The first kappa shape index (κ1) is 17.0. The number of hydrogen-bond acceptors (Lipinski definition) is 2. The highest BCUT2D eigenvalue weighted by molar-refractivity contribution is 5.28. The molecule has 0 saturated carbocycles. The molecule has 1 aromatic rings. The Morgan fingerprint density at radius 2 is 1.65 bits per heavy atom. The molecular weight excluding hydrogens is 255 g/mol. The van der Waals surface area contributed by atoms with E-state index in [1.54, 1.807) is 12.1 Å². The van der Waals surface area contributed by atoms with Gasteiger partial charge in [0.05, 0.1) is 13.2 Å². The molecule has 20 heavy (non-hydrogen) atoms. The molecule has 114 valence electrons. The third-order valence-electron chi connectivity index (χ3n) is 3.43. The summed E-state index contributed by atoms with van der Waals surface area (Å²) in [6, 6.07) is 4.60. The molecule has 0 amide bonds. The number of hydrogen-bond donors (Lipinski definition) is 1. The average Bonchev–Trinajstić information content (AvgIpc) is 2.47. The largest absolute Gasteiger partial charge is 0.491 e. The van der Waals surface area contributed by atoms with E-state index in [-0.39, 0.29) is 12.4 Å². The maximum Gasteiger partial charge on any atom is 0.165 e. The topological polar surface area (TPSA) is 29.5 Å². The summed E-state index contributed by atoms with van der Waals surface area (Å²) in [5, 5.41) is 8.90. The number of halogens is 1. The smallest absolute Gasteiger partial charge is 0.165 e. The molecule has 0 bridgehead atoms. The monoisotopic (exact) mass is 282 g/mol. The van der Waals surface area contributed by atoms with Gasteiger partial charge in [-0.15, -0.1) is 0 Å². The van der Waals surface area contributed by atoms with Crippen LogP contribution in [0.4, 0.5) is 4.39 Å². The molecule has 1 aromatic carbocycles. The van der Waals surface area contributed by atoms with Crippen LogP contribution in [0.25, 0.3) is 0 Å². The zero-order chi connectivity index (χ0) is 14.6. The molecule has 1 N–H and O–H groups in total. The maximum atomic E-state index is 13.5. The summed E-state index contributed by atoms with van der Waals surface area (Å²) in [6.45, 7) is 2.64. The Balaban J connectivity index is 2.06. The van der Waals surface area contributed by atoms with Gasteiger partial charge in [0, 0.05) is 0 Å². The van der Waals surface area contributed by atoms with Gasteiger partial charge in [0.2, 0.25) is 0 Å². The number of aliphatic hydroxyl groups excluding tert-OH is 1. The van der Waals surface area contributed by atoms with E-state index in [1.807, 2.05) is 0 Å². The Morgan fingerprint density at radius 1 is 1.00 bits per heavy atom. The van der Waals surface area contributed by atoms with Crippen LogP contribution in [0.3, 0.4) is 0 Å². The van der Waals surface area contributed by atoms with Crippen molar-refractivity contribution in [3.05, 3.63) is 29.6 Å². The van der Waals surface area contributed by atoms with Gasteiger partial charge < -0.3 is 9.84 Å². The molecule has 3 heteroatoms. The molecule has 0 fully saturated rings. The molecule has 0 aliphatic heterocycles. The third kappa shape index (κ3) is 6.90. The lowest BCUT2D eigenvalue weighted by Gasteiger charge is -2.08. The van der Waals surface area contributed by atoms with Crippen LogP contribution >= 0.6 is 0 Å². The lowest BCUT2D eigenvalue weighted by Crippen LogP contribution is -2.00. The number of rotatable bonds is 11. The first-order valence-corrected chi connectivity index (χ1v) is 7.80. The summed E-state index contributed by atoms with van der Waals surface area (Å²) in [7, 11) is 0. The molecule has 0 radical (unpaired) electrons. The van der Waals surface area contributed by atoms with Crippen molar-refractivity contribution < 1.29 is 14.2 Å². The van der Waals surface area contributed by atoms with E-state index in [0.717, 1.165) is 12.8 Å². The van der Waals surface area contributed by atoms with Crippen LogP contribution in [0.5, 0.6) is 5.75 Å². The van der Waals surface area contributed by atoms with E-state index in [9.17, 15) is 4.39 Å². The van der Waals surface area contributed by atoms with E-state index in [4.69, 9.17) is 9.84 Å². The van der Waals surface area contributed by atoms with Gasteiger partial charge in [0.25, 0.3) is 0 Å². The second-order valence-corrected chi connectivity index (χ2v) is 5.25. The minimum Gasteiger partial charge on any atom is -0.491 e. The fourth-order valence-corrected chi connectivity index (χ4v) is 2.18. The standard InChI is InChI=1S/C17H27FO2/c1-2-3-4-5-6-7-8-9-12-20-17-11-10-15(14-19)13-16(17)18/h10-11,13,19H,2-9,12,14H2,1H3. The predicted octanol–water partition coefficient (Wildman–Crippen LogP) is 4.84. The van der Waals surface area contributed by atoms with Crippen LogP contribution in [0.2, 0.25) is 0 Å². The van der Waals surface area contributed by atoms with Gasteiger partial charge in [-0.25, -0.2) is 4.39 Å². The first-order chi connectivity index (χ1) is 9.77. The molecule has 0 heterocycles. The summed E-state index contributed by atoms with van der Waals surface area (Å²) >= 11 is 0. The zero-order valence-electron chi connectivity index (χ0n) is 12.5. The Morgan fingerprint density at radius 3 is 2.25 bits per heavy atom. The summed E-state index contributed by atoms with van der Waals surface area (Å²) in [4.78, 5) is 0. The molecule has 1 rings (SSSR count). The van der Waals surface area contributed by atoms with Crippen LogP contribution in [0.1, 0.15) is 63.9 Å². The molecule has 0 aromatic heterocycles. The highest BCUT2D eigenvalue weighted by Gasteiger charge is 2.04. The summed E-state index contributed by atoms with van der Waals surface area (Å²) in [5.41, 5.74) is 0.571. The Hall–Kier alpha value is -1.09.